The molecular formula is C20H22F3IN6O. The van der Waals surface area contributed by atoms with Gasteiger partial charge in [-0.3, -0.25) is 4.79 Å². The largest absolute Gasteiger partial charge is 0.405 e. The molecule has 0 bridgehead atoms. The van der Waals surface area contributed by atoms with E-state index >= 15 is 0 Å². The van der Waals surface area contributed by atoms with E-state index in [9.17, 15) is 18.0 Å². The lowest BCUT2D eigenvalue weighted by Gasteiger charge is -2.29. The van der Waals surface area contributed by atoms with Crippen LogP contribution in [0.2, 0.25) is 0 Å². The summed E-state index contributed by atoms with van der Waals surface area (Å²) in [4.78, 5) is 25.8. The Morgan fingerprint density at radius 2 is 2.00 bits per heavy atom. The predicted octanol–water partition coefficient (Wildman–Crippen LogP) is 4.71. The average molecular weight is 546 g/mol. The first-order chi connectivity index (χ1) is 14.5. The number of fused-ring (bicyclic) bond motifs is 1. The molecule has 7 nitrogen and oxygen atoms in total. The van der Waals surface area contributed by atoms with Crippen molar-refractivity contribution in [2.24, 2.45) is 0 Å². The molecule has 31 heavy (non-hydrogen) atoms. The number of pyridine rings is 1. The maximum absolute atomic E-state index is 12.5. The summed E-state index contributed by atoms with van der Waals surface area (Å²) in [5.74, 6) is 0.00352. The Labute approximate surface area is 191 Å². The van der Waals surface area contributed by atoms with Crippen molar-refractivity contribution in [1.29, 1.82) is 0 Å². The molecule has 0 aliphatic carbocycles. The molecule has 1 amide bonds. The van der Waals surface area contributed by atoms with Gasteiger partial charge in [-0.25, -0.2) is 15.0 Å². The van der Waals surface area contributed by atoms with E-state index in [1.165, 1.54) is 6.92 Å². The Bertz CT molecular complexity index is 1080. The first kappa shape index (κ1) is 23.2. The van der Waals surface area contributed by atoms with Crippen LogP contribution in [0.15, 0.2) is 36.8 Å². The summed E-state index contributed by atoms with van der Waals surface area (Å²) in [5, 5.41) is 5.79. The van der Waals surface area contributed by atoms with E-state index in [0.717, 1.165) is 16.6 Å². The maximum Gasteiger partial charge on any atom is 0.405 e. The second-order valence-corrected chi connectivity index (χ2v) is 9.08. The minimum Gasteiger partial charge on any atom is -0.356 e. The normalized spacial score (nSPS) is 14.8. The Morgan fingerprint density at radius 1 is 1.26 bits per heavy atom. The molecule has 0 spiro atoms. The van der Waals surface area contributed by atoms with Gasteiger partial charge in [0.1, 0.15) is 23.5 Å². The van der Waals surface area contributed by atoms with Crippen molar-refractivity contribution in [3.8, 4) is 11.4 Å². The van der Waals surface area contributed by atoms with Gasteiger partial charge < -0.3 is 15.2 Å². The van der Waals surface area contributed by atoms with E-state index in [1.54, 1.807) is 25.4 Å². The SMILES string of the molecule is CC[C@](C)(Nc1ccnc(-c2cn(C(C)I)c3ncccc23)n1)C(=O)NCC(F)(F)F. The maximum atomic E-state index is 12.5. The van der Waals surface area contributed by atoms with E-state index in [0.29, 0.717) is 11.6 Å². The molecule has 11 heteroatoms. The Balaban J connectivity index is 1.92. The molecule has 0 fully saturated rings. The van der Waals surface area contributed by atoms with Crippen LogP contribution in [-0.2, 0) is 4.79 Å². The highest BCUT2D eigenvalue weighted by Gasteiger charge is 2.35. The molecule has 3 aromatic heterocycles. The summed E-state index contributed by atoms with van der Waals surface area (Å²) >= 11 is 2.28. The first-order valence-corrected chi connectivity index (χ1v) is 10.8. The average Bonchev–Trinajstić information content (AvgIpc) is 3.11. The summed E-state index contributed by atoms with van der Waals surface area (Å²) < 4.78 is 39.6. The lowest BCUT2D eigenvalue weighted by atomic mass is 9.97. The van der Waals surface area contributed by atoms with E-state index in [2.05, 4.69) is 42.9 Å². The van der Waals surface area contributed by atoms with Crippen LogP contribution in [-0.4, -0.2) is 43.7 Å². The van der Waals surface area contributed by atoms with Crippen LogP contribution in [0, 0.1) is 0 Å². The van der Waals surface area contributed by atoms with Gasteiger partial charge in [0.05, 0.1) is 4.05 Å². The summed E-state index contributed by atoms with van der Waals surface area (Å²) in [7, 11) is 0. The third kappa shape index (κ3) is 5.25. The number of anilines is 1. The minimum absolute atomic E-state index is 0.144. The number of hydrogen-bond donors (Lipinski definition) is 2. The van der Waals surface area contributed by atoms with Crippen LogP contribution < -0.4 is 10.6 Å². The van der Waals surface area contributed by atoms with Crippen molar-refractivity contribution < 1.29 is 18.0 Å². The van der Waals surface area contributed by atoms with Gasteiger partial charge in [-0.1, -0.05) is 29.5 Å². The molecule has 0 aliphatic rings. The Kier molecular flexibility index (Phi) is 6.72. The fourth-order valence-electron chi connectivity index (χ4n) is 3.05. The van der Waals surface area contributed by atoms with E-state index in [4.69, 9.17) is 0 Å². The van der Waals surface area contributed by atoms with Crippen LogP contribution in [0.5, 0.6) is 0 Å². The second-order valence-electron chi connectivity index (χ2n) is 7.27. The molecule has 166 valence electrons. The van der Waals surface area contributed by atoms with E-state index in [1.807, 2.05) is 35.1 Å². The minimum atomic E-state index is -4.48. The zero-order valence-corrected chi connectivity index (χ0v) is 19.3. The third-order valence-corrected chi connectivity index (χ3v) is 5.53. The number of amides is 1. The third-order valence-electron chi connectivity index (χ3n) is 4.93. The van der Waals surface area contributed by atoms with Gasteiger partial charge in [0.15, 0.2) is 5.82 Å². The summed E-state index contributed by atoms with van der Waals surface area (Å²) in [6.45, 7) is 3.89. The number of halogens is 4. The molecule has 0 aliphatic heterocycles. The molecule has 3 aromatic rings. The molecule has 3 rings (SSSR count). The molecule has 1 unspecified atom stereocenters. The number of carbonyl (C=O) groups excluding carboxylic acids is 1. The number of hydrogen-bond acceptors (Lipinski definition) is 5. The Morgan fingerprint density at radius 3 is 2.65 bits per heavy atom. The van der Waals surface area contributed by atoms with Crippen LogP contribution in [0.3, 0.4) is 0 Å². The predicted molar refractivity (Wildman–Crippen MR) is 121 cm³/mol. The zero-order valence-electron chi connectivity index (χ0n) is 17.2. The standard InChI is InChI=1S/C20H22F3IN6O/c1-4-19(3,18(31)27-11-20(21,22)23)29-15-7-9-25-16(28-15)14-10-30(12(2)24)17-13(14)6-5-8-26-17/h5-10,12H,4,11H2,1-3H3,(H,27,31)(H,25,28,29)/t12?,19-/m0/s1. The topological polar surface area (TPSA) is 84.7 Å². The highest BCUT2D eigenvalue weighted by Crippen LogP contribution is 2.32. The number of alkyl halides is 4. The summed E-state index contributed by atoms with van der Waals surface area (Å²) in [6, 6.07) is 5.33. The fourth-order valence-corrected chi connectivity index (χ4v) is 3.48. The van der Waals surface area contributed by atoms with Crippen molar-refractivity contribution in [3.05, 3.63) is 36.8 Å². The lowest BCUT2D eigenvalue weighted by Crippen LogP contribution is -2.52. The number of nitrogens with zero attached hydrogens (tertiary/aromatic N) is 4. The first-order valence-electron chi connectivity index (χ1n) is 9.60. The van der Waals surface area contributed by atoms with Crippen LogP contribution >= 0.6 is 22.6 Å². The van der Waals surface area contributed by atoms with Crippen LogP contribution in [0.1, 0.15) is 31.2 Å². The van der Waals surface area contributed by atoms with Gasteiger partial charge in [-0.2, -0.15) is 13.2 Å². The number of rotatable bonds is 7. The fraction of sp³-hybridized carbons (Fsp3) is 0.400. The van der Waals surface area contributed by atoms with Gasteiger partial charge >= 0.3 is 6.18 Å². The quantitative estimate of drug-likeness (QED) is 0.332. The van der Waals surface area contributed by atoms with Crippen molar-refractivity contribution in [2.45, 2.75) is 43.0 Å². The molecule has 0 saturated carbocycles. The number of aromatic nitrogens is 4. The Hall–Kier alpha value is -2.44. The number of nitrogens with one attached hydrogen (secondary N) is 2. The van der Waals surface area contributed by atoms with Crippen molar-refractivity contribution in [1.82, 2.24) is 24.8 Å². The molecule has 0 aromatic carbocycles. The highest BCUT2D eigenvalue weighted by molar-refractivity contribution is 14.1. The second kappa shape index (κ2) is 8.97. The van der Waals surface area contributed by atoms with Crippen LogP contribution in [0.4, 0.5) is 19.0 Å². The van der Waals surface area contributed by atoms with Gasteiger partial charge in [-0.15, -0.1) is 0 Å². The molecular weight excluding hydrogens is 524 g/mol. The molecule has 0 saturated heterocycles. The monoisotopic (exact) mass is 546 g/mol. The van der Waals surface area contributed by atoms with Gasteiger partial charge in [0.2, 0.25) is 5.91 Å². The van der Waals surface area contributed by atoms with Crippen molar-refractivity contribution in [2.75, 3.05) is 11.9 Å². The zero-order chi connectivity index (χ0) is 22.8. The van der Waals surface area contributed by atoms with Gasteiger partial charge in [-0.05, 0) is 38.5 Å². The summed E-state index contributed by atoms with van der Waals surface area (Å²) in [6.07, 6.45) is 0.951. The summed E-state index contributed by atoms with van der Waals surface area (Å²) in [5.41, 5.74) is 0.296. The number of carbonyl (C=O) groups is 1. The van der Waals surface area contributed by atoms with Crippen molar-refractivity contribution >= 4 is 45.3 Å². The molecule has 2 N–H and O–H groups in total. The van der Waals surface area contributed by atoms with E-state index < -0.39 is 24.2 Å². The molecule has 2 atom stereocenters. The highest BCUT2D eigenvalue weighted by atomic mass is 127. The molecule has 3 heterocycles. The van der Waals surface area contributed by atoms with Crippen molar-refractivity contribution in [3.63, 3.8) is 0 Å². The molecule has 0 radical (unpaired) electrons. The van der Waals surface area contributed by atoms with Gasteiger partial charge in [0, 0.05) is 29.5 Å². The lowest BCUT2D eigenvalue weighted by molar-refractivity contribution is -0.140. The van der Waals surface area contributed by atoms with E-state index in [-0.39, 0.29) is 10.5 Å². The smallest absolute Gasteiger partial charge is 0.356 e. The van der Waals surface area contributed by atoms with Gasteiger partial charge in [0.25, 0.3) is 0 Å². The van der Waals surface area contributed by atoms with Crippen LogP contribution in [0.25, 0.3) is 22.4 Å².